The summed E-state index contributed by atoms with van der Waals surface area (Å²) in [6.45, 7) is 11.1. The minimum atomic E-state index is -0.783. The van der Waals surface area contributed by atoms with Crippen molar-refractivity contribution in [2.45, 2.75) is 91.4 Å². The number of hydrogen-bond acceptors (Lipinski definition) is 3. The molecule has 0 radical (unpaired) electrons. The molecule has 1 aliphatic heterocycles. The Bertz CT molecular complexity index is 864. The van der Waals surface area contributed by atoms with Gasteiger partial charge >= 0.3 is 5.97 Å². The molecule has 2 rings (SSSR count). The molecule has 0 fully saturated rings. The van der Waals surface area contributed by atoms with Crippen LogP contribution in [0.3, 0.4) is 0 Å². The second-order valence-corrected chi connectivity index (χ2v) is 8.83. The van der Waals surface area contributed by atoms with Gasteiger partial charge in [-0.25, -0.2) is 0 Å². The van der Waals surface area contributed by atoms with Gasteiger partial charge in [-0.1, -0.05) is 20.3 Å². The number of fused-ring (bicyclic) bond motifs is 1. The Labute approximate surface area is 180 Å². The third-order valence-corrected chi connectivity index (χ3v) is 6.22. The molecule has 0 atom stereocenters. The molecule has 164 valence electrons. The van der Waals surface area contributed by atoms with E-state index in [2.05, 4.69) is 32.3 Å². The summed E-state index contributed by atoms with van der Waals surface area (Å²) in [6, 6.07) is 3.77. The molecular weight excluding hydrogens is 378 g/mol. The zero-order valence-corrected chi connectivity index (χ0v) is 19.1. The molecule has 0 bridgehead atoms. The monoisotopic (exact) mass is 414 g/mol. The first-order chi connectivity index (χ1) is 14.1. The van der Waals surface area contributed by atoms with E-state index in [4.69, 9.17) is 5.11 Å². The van der Waals surface area contributed by atoms with Gasteiger partial charge in [0, 0.05) is 49.8 Å². The van der Waals surface area contributed by atoms with Crippen LogP contribution in [0.25, 0.3) is 0 Å². The smallest absolute Gasteiger partial charge is 0.303 e. The predicted octanol–water partition coefficient (Wildman–Crippen LogP) is 5.69. The van der Waals surface area contributed by atoms with Crippen molar-refractivity contribution < 1.29 is 24.1 Å². The maximum atomic E-state index is 13.0. The molecule has 1 aromatic carbocycles. The van der Waals surface area contributed by atoms with Gasteiger partial charge < -0.3 is 5.11 Å². The molecular formula is C25H36NO4+. The third-order valence-electron chi connectivity index (χ3n) is 6.22. The van der Waals surface area contributed by atoms with Crippen LogP contribution in [-0.2, 0) is 10.2 Å². The van der Waals surface area contributed by atoms with E-state index in [0.717, 1.165) is 42.6 Å². The summed E-state index contributed by atoms with van der Waals surface area (Å²) >= 11 is 0. The van der Waals surface area contributed by atoms with Crippen molar-refractivity contribution in [3.63, 3.8) is 0 Å². The van der Waals surface area contributed by atoms with Crippen LogP contribution in [-0.4, -0.2) is 39.5 Å². The summed E-state index contributed by atoms with van der Waals surface area (Å²) < 4.78 is 2.19. The maximum absolute atomic E-state index is 13.0. The van der Waals surface area contributed by atoms with Crippen LogP contribution in [0.2, 0.25) is 0 Å². The van der Waals surface area contributed by atoms with E-state index >= 15 is 0 Å². The summed E-state index contributed by atoms with van der Waals surface area (Å²) in [5.41, 5.74) is 4.05. The molecule has 1 N–H and O–H groups in total. The average molecular weight is 415 g/mol. The molecule has 1 aliphatic rings. The average Bonchev–Trinajstić information content (AvgIpc) is 2.88. The zero-order valence-electron chi connectivity index (χ0n) is 19.1. The van der Waals surface area contributed by atoms with Gasteiger partial charge in [0.15, 0.2) is 17.3 Å². The highest BCUT2D eigenvalue weighted by atomic mass is 16.4. The number of benzene rings is 1. The van der Waals surface area contributed by atoms with E-state index in [1.54, 1.807) is 0 Å². The quantitative estimate of drug-likeness (QED) is 0.271. The van der Waals surface area contributed by atoms with Crippen LogP contribution in [0.15, 0.2) is 12.1 Å². The first-order valence-corrected chi connectivity index (χ1v) is 11.2. The highest BCUT2D eigenvalue weighted by molar-refractivity contribution is 6.07. The zero-order chi connectivity index (χ0) is 22.5. The second kappa shape index (κ2) is 10.1. The standard InChI is InChI=1S/C25H35NO4/c1-6-8-12-21(27)18-15-19(22(28)11-7-2)24-20(16-18)26(17(3)25(24,4)5)14-10-9-13-23(29)30/h15-16H,6-14H2,1-5H3/p+1. The van der Waals surface area contributed by atoms with Gasteiger partial charge in [0.05, 0.1) is 11.0 Å². The van der Waals surface area contributed by atoms with Gasteiger partial charge in [-0.15, -0.1) is 0 Å². The lowest BCUT2D eigenvalue weighted by molar-refractivity contribution is -0.439. The Morgan fingerprint density at radius 1 is 0.933 bits per heavy atom. The molecule has 0 aromatic heterocycles. The van der Waals surface area contributed by atoms with E-state index in [-0.39, 0.29) is 23.4 Å². The molecule has 0 aliphatic carbocycles. The Kier molecular flexibility index (Phi) is 8.10. The molecule has 1 aromatic rings. The largest absolute Gasteiger partial charge is 0.481 e. The summed E-state index contributed by atoms with van der Waals surface area (Å²) in [4.78, 5) is 36.7. The van der Waals surface area contributed by atoms with Crippen LogP contribution < -0.4 is 0 Å². The number of carbonyl (C=O) groups excluding carboxylic acids is 2. The van der Waals surface area contributed by atoms with E-state index in [9.17, 15) is 14.4 Å². The highest BCUT2D eigenvalue weighted by Crippen LogP contribution is 2.43. The number of unbranched alkanes of at least 4 members (excludes halogenated alkanes) is 2. The third kappa shape index (κ3) is 5.05. The van der Waals surface area contributed by atoms with E-state index in [1.165, 1.54) is 0 Å². The van der Waals surface area contributed by atoms with Crippen LogP contribution in [0.4, 0.5) is 5.69 Å². The summed E-state index contributed by atoms with van der Waals surface area (Å²) in [5, 5.41) is 8.92. The minimum absolute atomic E-state index is 0.0818. The fraction of sp³-hybridized carbons (Fsp3) is 0.600. The maximum Gasteiger partial charge on any atom is 0.303 e. The van der Waals surface area contributed by atoms with Crippen molar-refractivity contribution in [2.75, 3.05) is 6.54 Å². The number of hydrogen-bond donors (Lipinski definition) is 1. The molecule has 0 spiro atoms. The molecule has 5 heteroatoms. The van der Waals surface area contributed by atoms with Crippen molar-refractivity contribution in [3.05, 3.63) is 28.8 Å². The fourth-order valence-corrected chi connectivity index (χ4v) is 4.25. The number of Topliss-reactive ketones (excluding diaryl/α,β-unsaturated/α-hetero) is 2. The lowest BCUT2D eigenvalue weighted by Gasteiger charge is -2.19. The van der Waals surface area contributed by atoms with Crippen LogP contribution in [0.5, 0.6) is 0 Å². The van der Waals surface area contributed by atoms with Crippen LogP contribution >= 0.6 is 0 Å². The normalized spacial score (nSPS) is 14.7. The molecule has 5 nitrogen and oxygen atoms in total. The lowest BCUT2D eigenvalue weighted by Crippen LogP contribution is -2.28. The van der Waals surface area contributed by atoms with Gasteiger partial charge in [-0.3, -0.25) is 14.4 Å². The SMILES string of the molecule is CCCCC(=O)c1cc(C(=O)CCC)c2c(c1)[N+](CCCCC(=O)O)=C(C)C2(C)C. The van der Waals surface area contributed by atoms with Crippen molar-refractivity contribution in [2.24, 2.45) is 0 Å². The number of carbonyl (C=O) groups is 3. The van der Waals surface area contributed by atoms with Gasteiger partial charge in [-0.05, 0) is 39.2 Å². The lowest BCUT2D eigenvalue weighted by atomic mass is 9.77. The number of rotatable bonds is 12. The van der Waals surface area contributed by atoms with Crippen molar-refractivity contribution in [1.82, 2.24) is 0 Å². The van der Waals surface area contributed by atoms with E-state index in [1.807, 2.05) is 19.1 Å². The summed E-state index contributed by atoms with van der Waals surface area (Å²) in [6.07, 6.45) is 5.01. The summed E-state index contributed by atoms with van der Waals surface area (Å²) in [5.74, 6) is -0.611. The van der Waals surface area contributed by atoms with Crippen LogP contribution in [0, 0.1) is 0 Å². The van der Waals surface area contributed by atoms with Crippen molar-refractivity contribution in [3.8, 4) is 0 Å². The molecule has 0 saturated heterocycles. The van der Waals surface area contributed by atoms with Crippen molar-refractivity contribution >= 4 is 28.9 Å². The molecule has 30 heavy (non-hydrogen) atoms. The highest BCUT2D eigenvalue weighted by Gasteiger charge is 2.46. The Hall–Kier alpha value is -2.30. The number of aliphatic carboxylic acids is 1. The molecule has 0 amide bonds. The molecule has 1 heterocycles. The fourth-order valence-electron chi connectivity index (χ4n) is 4.25. The topological polar surface area (TPSA) is 74.5 Å². The number of carboxylic acids is 1. The summed E-state index contributed by atoms with van der Waals surface area (Å²) in [7, 11) is 0. The van der Waals surface area contributed by atoms with Gasteiger partial charge in [0.1, 0.15) is 6.54 Å². The van der Waals surface area contributed by atoms with E-state index < -0.39 is 5.97 Å². The Morgan fingerprint density at radius 2 is 1.63 bits per heavy atom. The predicted molar refractivity (Wildman–Crippen MR) is 120 cm³/mol. The van der Waals surface area contributed by atoms with Gasteiger partial charge in [0.25, 0.3) is 0 Å². The molecule has 0 unspecified atom stereocenters. The molecule has 0 saturated carbocycles. The van der Waals surface area contributed by atoms with Crippen molar-refractivity contribution in [1.29, 1.82) is 0 Å². The number of ketones is 2. The number of nitrogens with zero attached hydrogens (tertiary/aromatic N) is 1. The van der Waals surface area contributed by atoms with Crippen LogP contribution in [0.1, 0.15) is 112 Å². The van der Waals surface area contributed by atoms with Gasteiger partial charge in [-0.2, -0.15) is 4.58 Å². The first kappa shape index (κ1) is 24.0. The Morgan fingerprint density at radius 3 is 2.23 bits per heavy atom. The van der Waals surface area contributed by atoms with Gasteiger partial charge in [0.2, 0.25) is 5.69 Å². The Balaban J connectivity index is 2.53. The second-order valence-electron chi connectivity index (χ2n) is 8.83. The first-order valence-electron chi connectivity index (χ1n) is 11.2. The minimum Gasteiger partial charge on any atom is -0.481 e. The van der Waals surface area contributed by atoms with E-state index in [0.29, 0.717) is 36.9 Å². The number of carboxylic acid groups (broad SMARTS) is 1.